The molecule has 1 heterocycles. The second kappa shape index (κ2) is 10.2. The van der Waals surface area contributed by atoms with Crippen LogP contribution in [0.4, 0.5) is 24.7 Å². The maximum absolute atomic E-state index is 13.4. The van der Waals surface area contributed by atoms with Crippen molar-refractivity contribution in [2.24, 2.45) is 4.99 Å². The SMILES string of the molecule is N#Cc1ccc(C(=O)NC(=Nc2cc(C(F)(F)F)nn2C2CCCC2)Nc2cccc(Cl)c2)cc1. The number of nitrogens with one attached hydrogen (secondary N) is 2. The average Bonchev–Trinajstić information content (AvgIpc) is 3.49. The highest BCUT2D eigenvalue weighted by Crippen LogP contribution is 2.37. The van der Waals surface area contributed by atoms with E-state index in [1.807, 2.05) is 6.07 Å². The molecule has 4 rings (SSSR count). The van der Waals surface area contributed by atoms with Gasteiger partial charge in [0, 0.05) is 22.3 Å². The summed E-state index contributed by atoms with van der Waals surface area (Å²) in [5.41, 5.74) is 0.0422. The van der Waals surface area contributed by atoms with Crippen LogP contribution < -0.4 is 10.6 Å². The average molecular weight is 501 g/mol. The number of benzene rings is 2. The number of carbonyl (C=O) groups excluding carboxylic acids is 1. The van der Waals surface area contributed by atoms with Crippen molar-refractivity contribution < 1.29 is 18.0 Å². The quantitative estimate of drug-likeness (QED) is 0.335. The normalized spacial score (nSPS) is 14.5. The first kappa shape index (κ1) is 24.3. The molecule has 1 saturated carbocycles. The third-order valence-electron chi connectivity index (χ3n) is 5.50. The molecule has 0 aliphatic heterocycles. The van der Waals surface area contributed by atoms with E-state index in [0.29, 0.717) is 29.1 Å². The zero-order valence-electron chi connectivity index (χ0n) is 18.3. The van der Waals surface area contributed by atoms with Crippen LogP contribution in [0, 0.1) is 11.3 Å². The van der Waals surface area contributed by atoms with Crippen LogP contribution in [0.15, 0.2) is 59.6 Å². The number of anilines is 1. The van der Waals surface area contributed by atoms with Gasteiger partial charge in [0.15, 0.2) is 11.5 Å². The molecule has 35 heavy (non-hydrogen) atoms. The van der Waals surface area contributed by atoms with E-state index in [2.05, 4.69) is 20.7 Å². The molecule has 1 aromatic heterocycles. The summed E-state index contributed by atoms with van der Waals surface area (Å²) in [6, 6.07) is 15.1. The summed E-state index contributed by atoms with van der Waals surface area (Å²) in [6.07, 6.45) is -1.48. The third kappa shape index (κ3) is 6.00. The third-order valence-corrected chi connectivity index (χ3v) is 5.73. The van der Waals surface area contributed by atoms with Crippen LogP contribution in [0.3, 0.4) is 0 Å². The number of alkyl halides is 3. The summed E-state index contributed by atoms with van der Waals surface area (Å²) in [5, 5.41) is 18.7. The van der Waals surface area contributed by atoms with Gasteiger partial charge in [-0.2, -0.15) is 28.5 Å². The highest BCUT2D eigenvalue weighted by Gasteiger charge is 2.36. The zero-order valence-corrected chi connectivity index (χ0v) is 19.1. The first-order valence-electron chi connectivity index (χ1n) is 10.8. The van der Waals surface area contributed by atoms with Gasteiger partial charge in [-0.3, -0.25) is 10.1 Å². The highest BCUT2D eigenvalue weighted by molar-refractivity contribution is 6.31. The molecule has 1 amide bonds. The summed E-state index contributed by atoms with van der Waals surface area (Å²) < 4.78 is 41.6. The number of nitriles is 1. The lowest BCUT2D eigenvalue weighted by molar-refractivity contribution is -0.141. The van der Waals surface area contributed by atoms with Crippen LogP contribution in [0.5, 0.6) is 0 Å². The van der Waals surface area contributed by atoms with E-state index in [-0.39, 0.29) is 23.4 Å². The van der Waals surface area contributed by atoms with Crippen LogP contribution in [0.1, 0.15) is 53.3 Å². The second-order valence-corrected chi connectivity index (χ2v) is 8.44. The van der Waals surface area contributed by atoms with E-state index in [0.717, 1.165) is 18.9 Å². The van der Waals surface area contributed by atoms with Gasteiger partial charge in [0.25, 0.3) is 5.91 Å². The van der Waals surface area contributed by atoms with Crippen molar-refractivity contribution in [3.05, 3.63) is 76.4 Å². The Kier molecular flexibility index (Phi) is 7.07. The number of halogens is 4. The Balaban J connectivity index is 1.72. The standard InChI is InChI=1S/C24H20ClF3N6O/c25-17-4-3-5-18(12-17)30-23(32-22(35)16-10-8-15(14-29)9-11-16)31-21-13-20(24(26,27)28)33-34(21)19-6-1-2-7-19/h3-5,8-13,19H,1-2,6-7H2,(H2,30,31,32,35). The lowest BCUT2D eigenvalue weighted by Gasteiger charge is -2.15. The van der Waals surface area contributed by atoms with Crippen molar-refractivity contribution >= 4 is 35.0 Å². The van der Waals surface area contributed by atoms with E-state index >= 15 is 0 Å². The van der Waals surface area contributed by atoms with E-state index in [4.69, 9.17) is 16.9 Å². The zero-order chi connectivity index (χ0) is 25.0. The molecule has 1 aliphatic rings. The second-order valence-electron chi connectivity index (χ2n) is 8.01. The van der Waals surface area contributed by atoms with Gasteiger partial charge >= 0.3 is 6.18 Å². The predicted octanol–water partition coefficient (Wildman–Crippen LogP) is 6.07. The summed E-state index contributed by atoms with van der Waals surface area (Å²) in [4.78, 5) is 17.2. The Morgan fingerprint density at radius 3 is 2.49 bits per heavy atom. The number of aromatic nitrogens is 2. The Morgan fingerprint density at radius 1 is 1.14 bits per heavy atom. The minimum atomic E-state index is -4.64. The Labute approximate surface area is 204 Å². The summed E-state index contributed by atoms with van der Waals surface area (Å²) in [6.45, 7) is 0. The lowest BCUT2D eigenvalue weighted by Crippen LogP contribution is -2.36. The van der Waals surface area contributed by atoms with E-state index in [1.165, 1.54) is 28.9 Å². The molecule has 0 unspecified atom stereocenters. The number of hydrogen-bond donors (Lipinski definition) is 2. The molecular formula is C24H20ClF3N6O. The first-order chi connectivity index (χ1) is 16.7. The number of hydrogen-bond acceptors (Lipinski definition) is 4. The van der Waals surface area contributed by atoms with Crippen molar-refractivity contribution in [3.63, 3.8) is 0 Å². The molecule has 0 bridgehead atoms. The molecule has 0 radical (unpaired) electrons. The van der Waals surface area contributed by atoms with Gasteiger partial charge < -0.3 is 5.32 Å². The molecule has 11 heteroatoms. The minimum Gasteiger partial charge on any atom is -0.326 e. The number of aliphatic imine (C=N–C) groups is 1. The molecule has 0 atom stereocenters. The molecule has 2 aromatic carbocycles. The molecular weight excluding hydrogens is 481 g/mol. The fraction of sp³-hybridized carbons (Fsp3) is 0.250. The summed E-state index contributed by atoms with van der Waals surface area (Å²) in [7, 11) is 0. The van der Waals surface area contributed by atoms with Crippen LogP contribution in [-0.2, 0) is 6.18 Å². The van der Waals surface area contributed by atoms with Crippen molar-refractivity contribution in [2.45, 2.75) is 37.9 Å². The fourth-order valence-corrected chi connectivity index (χ4v) is 3.99. The lowest BCUT2D eigenvalue weighted by atomic mass is 10.1. The smallest absolute Gasteiger partial charge is 0.326 e. The number of nitrogens with zero attached hydrogens (tertiary/aromatic N) is 4. The van der Waals surface area contributed by atoms with Crippen molar-refractivity contribution in [1.82, 2.24) is 15.1 Å². The van der Waals surface area contributed by atoms with E-state index in [9.17, 15) is 18.0 Å². The van der Waals surface area contributed by atoms with Gasteiger partial charge in [0.1, 0.15) is 0 Å². The molecule has 1 aliphatic carbocycles. The van der Waals surface area contributed by atoms with Crippen LogP contribution in [-0.4, -0.2) is 21.6 Å². The fourth-order valence-electron chi connectivity index (χ4n) is 3.80. The topological polar surface area (TPSA) is 95.1 Å². The maximum Gasteiger partial charge on any atom is 0.435 e. The molecule has 7 nitrogen and oxygen atoms in total. The monoisotopic (exact) mass is 500 g/mol. The summed E-state index contributed by atoms with van der Waals surface area (Å²) >= 11 is 6.05. The Hall–Kier alpha value is -3.84. The number of rotatable bonds is 4. The molecule has 1 fully saturated rings. The van der Waals surface area contributed by atoms with Gasteiger partial charge in [-0.25, -0.2) is 4.68 Å². The van der Waals surface area contributed by atoms with Crippen LogP contribution >= 0.6 is 11.6 Å². The molecule has 180 valence electrons. The molecule has 0 spiro atoms. The number of carbonyl (C=O) groups is 1. The van der Waals surface area contributed by atoms with Crippen LogP contribution in [0.25, 0.3) is 0 Å². The van der Waals surface area contributed by atoms with Crippen molar-refractivity contribution in [2.75, 3.05) is 5.32 Å². The van der Waals surface area contributed by atoms with E-state index in [1.54, 1.807) is 24.3 Å². The first-order valence-corrected chi connectivity index (χ1v) is 11.2. The highest BCUT2D eigenvalue weighted by atomic mass is 35.5. The van der Waals surface area contributed by atoms with Crippen molar-refractivity contribution in [1.29, 1.82) is 5.26 Å². The number of amides is 1. The van der Waals surface area contributed by atoms with Gasteiger partial charge in [0.2, 0.25) is 5.96 Å². The minimum absolute atomic E-state index is 0.0334. The van der Waals surface area contributed by atoms with E-state index < -0.39 is 17.8 Å². The molecule has 0 saturated heterocycles. The van der Waals surface area contributed by atoms with Crippen LogP contribution in [0.2, 0.25) is 5.02 Å². The maximum atomic E-state index is 13.4. The number of guanidine groups is 1. The largest absolute Gasteiger partial charge is 0.435 e. The Bertz CT molecular complexity index is 1290. The predicted molar refractivity (Wildman–Crippen MR) is 126 cm³/mol. The van der Waals surface area contributed by atoms with Gasteiger partial charge in [-0.05, 0) is 55.3 Å². The molecule has 3 aromatic rings. The van der Waals surface area contributed by atoms with Gasteiger partial charge in [0.05, 0.1) is 17.7 Å². The van der Waals surface area contributed by atoms with Gasteiger partial charge in [-0.1, -0.05) is 30.5 Å². The molecule has 2 N–H and O–H groups in total. The van der Waals surface area contributed by atoms with Crippen molar-refractivity contribution in [3.8, 4) is 6.07 Å². The van der Waals surface area contributed by atoms with Gasteiger partial charge in [-0.15, -0.1) is 0 Å². The summed E-state index contributed by atoms with van der Waals surface area (Å²) in [5.74, 6) is -0.700. The Morgan fingerprint density at radius 2 is 1.86 bits per heavy atom.